The van der Waals surface area contributed by atoms with Crippen molar-refractivity contribution in [1.82, 2.24) is 5.32 Å². The molecule has 19 heavy (non-hydrogen) atoms. The van der Waals surface area contributed by atoms with E-state index in [0.29, 0.717) is 25.6 Å². The lowest BCUT2D eigenvalue weighted by atomic mass is 9.98. The first-order chi connectivity index (χ1) is 9.20. The highest BCUT2D eigenvalue weighted by Crippen LogP contribution is 2.33. The summed E-state index contributed by atoms with van der Waals surface area (Å²) in [4.78, 5) is 11.4. The zero-order valence-corrected chi connectivity index (χ0v) is 11.7. The number of fused-ring (bicyclic) bond motifs is 1. The molecule has 104 valence electrons. The fourth-order valence-electron chi connectivity index (χ4n) is 2.30. The molecule has 1 aliphatic heterocycles. The summed E-state index contributed by atoms with van der Waals surface area (Å²) in [5, 5.41) is 6.23. The number of hydrogen-bond donors (Lipinski definition) is 2. The number of benzene rings is 1. The Morgan fingerprint density at radius 3 is 3.16 bits per heavy atom. The van der Waals surface area contributed by atoms with E-state index >= 15 is 0 Å². The molecule has 0 spiro atoms. The molecule has 1 aromatic carbocycles. The predicted octanol–water partition coefficient (Wildman–Crippen LogP) is 2.34. The van der Waals surface area contributed by atoms with E-state index in [-0.39, 0.29) is 5.91 Å². The maximum absolute atomic E-state index is 11.4. The SMILES string of the molecule is CCNC(=O)CCOc1cccc2c1NC(C)CC2. The zero-order chi connectivity index (χ0) is 13.7. The molecule has 0 aromatic heterocycles. The number of para-hydroxylation sites is 1. The van der Waals surface area contributed by atoms with Gasteiger partial charge in [0.1, 0.15) is 5.75 Å². The van der Waals surface area contributed by atoms with Crippen LogP contribution < -0.4 is 15.4 Å². The molecular weight excluding hydrogens is 240 g/mol. The van der Waals surface area contributed by atoms with Crippen LogP contribution in [0.3, 0.4) is 0 Å². The number of rotatable bonds is 5. The van der Waals surface area contributed by atoms with E-state index in [1.807, 2.05) is 19.1 Å². The number of anilines is 1. The van der Waals surface area contributed by atoms with E-state index in [4.69, 9.17) is 4.74 Å². The molecule has 1 amide bonds. The normalized spacial score (nSPS) is 17.3. The van der Waals surface area contributed by atoms with E-state index in [1.54, 1.807) is 0 Å². The minimum absolute atomic E-state index is 0.0358. The first-order valence-electron chi connectivity index (χ1n) is 6.98. The highest BCUT2D eigenvalue weighted by atomic mass is 16.5. The van der Waals surface area contributed by atoms with Crippen molar-refractivity contribution in [3.8, 4) is 5.75 Å². The lowest BCUT2D eigenvalue weighted by molar-refractivity contribution is -0.121. The van der Waals surface area contributed by atoms with Crippen LogP contribution in [0, 0.1) is 0 Å². The fraction of sp³-hybridized carbons (Fsp3) is 0.533. The molecule has 1 unspecified atom stereocenters. The van der Waals surface area contributed by atoms with Gasteiger partial charge in [-0.2, -0.15) is 0 Å². The number of hydrogen-bond acceptors (Lipinski definition) is 3. The minimum atomic E-state index is 0.0358. The van der Waals surface area contributed by atoms with Gasteiger partial charge in [0.05, 0.1) is 18.7 Å². The van der Waals surface area contributed by atoms with Crippen molar-refractivity contribution in [2.45, 2.75) is 39.2 Å². The highest BCUT2D eigenvalue weighted by molar-refractivity contribution is 5.76. The van der Waals surface area contributed by atoms with Crippen molar-refractivity contribution < 1.29 is 9.53 Å². The van der Waals surface area contributed by atoms with Gasteiger partial charge >= 0.3 is 0 Å². The van der Waals surface area contributed by atoms with Crippen LogP contribution >= 0.6 is 0 Å². The van der Waals surface area contributed by atoms with E-state index in [9.17, 15) is 4.79 Å². The Hall–Kier alpha value is -1.71. The fourth-order valence-corrected chi connectivity index (χ4v) is 2.30. The Morgan fingerprint density at radius 2 is 2.37 bits per heavy atom. The average Bonchev–Trinajstić information content (AvgIpc) is 2.39. The van der Waals surface area contributed by atoms with Gasteiger partial charge < -0.3 is 15.4 Å². The average molecular weight is 262 g/mol. The second kappa shape index (κ2) is 6.45. The van der Waals surface area contributed by atoms with E-state index in [0.717, 1.165) is 24.3 Å². The summed E-state index contributed by atoms with van der Waals surface area (Å²) in [5.41, 5.74) is 2.39. The van der Waals surface area contributed by atoms with Gasteiger partial charge in [0.2, 0.25) is 5.91 Å². The molecule has 1 aromatic rings. The molecule has 0 fully saturated rings. The lowest BCUT2D eigenvalue weighted by Crippen LogP contribution is -2.25. The Balaban J connectivity index is 1.95. The minimum Gasteiger partial charge on any atom is -0.491 e. The molecule has 0 saturated carbocycles. The monoisotopic (exact) mass is 262 g/mol. The lowest BCUT2D eigenvalue weighted by Gasteiger charge is -2.26. The van der Waals surface area contributed by atoms with E-state index in [1.165, 1.54) is 5.56 Å². The molecule has 1 atom stereocenters. The molecule has 1 aliphatic rings. The van der Waals surface area contributed by atoms with Crippen molar-refractivity contribution in [1.29, 1.82) is 0 Å². The molecule has 0 radical (unpaired) electrons. The summed E-state index contributed by atoms with van der Waals surface area (Å²) >= 11 is 0. The third kappa shape index (κ3) is 3.63. The largest absolute Gasteiger partial charge is 0.491 e. The van der Waals surface area contributed by atoms with Gasteiger partial charge in [-0.15, -0.1) is 0 Å². The first kappa shape index (κ1) is 13.7. The molecular formula is C15H22N2O2. The number of carbonyl (C=O) groups is 1. The predicted molar refractivity (Wildman–Crippen MR) is 76.6 cm³/mol. The maximum atomic E-state index is 11.4. The summed E-state index contributed by atoms with van der Waals surface area (Å²) in [6, 6.07) is 6.57. The van der Waals surface area contributed by atoms with E-state index < -0.39 is 0 Å². The summed E-state index contributed by atoms with van der Waals surface area (Å²) in [6.45, 7) is 5.17. The van der Waals surface area contributed by atoms with E-state index in [2.05, 4.69) is 23.6 Å². The van der Waals surface area contributed by atoms with Crippen LogP contribution in [0.25, 0.3) is 0 Å². The van der Waals surface area contributed by atoms with Gasteiger partial charge in [-0.05, 0) is 38.3 Å². The third-order valence-electron chi connectivity index (χ3n) is 3.31. The molecule has 1 heterocycles. The van der Waals surface area contributed by atoms with Crippen LogP contribution in [0.1, 0.15) is 32.3 Å². The van der Waals surface area contributed by atoms with Gasteiger partial charge in [0, 0.05) is 12.6 Å². The Morgan fingerprint density at radius 1 is 1.53 bits per heavy atom. The Labute approximate surface area is 114 Å². The number of aryl methyl sites for hydroxylation is 1. The van der Waals surface area contributed by atoms with Crippen LogP contribution in [0.4, 0.5) is 5.69 Å². The van der Waals surface area contributed by atoms with Crippen molar-refractivity contribution in [3.05, 3.63) is 23.8 Å². The second-order valence-corrected chi connectivity index (χ2v) is 4.93. The molecule has 0 aliphatic carbocycles. The zero-order valence-electron chi connectivity index (χ0n) is 11.7. The van der Waals surface area contributed by atoms with Crippen LogP contribution in [0.15, 0.2) is 18.2 Å². The van der Waals surface area contributed by atoms with Gasteiger partial charge in [-0.1, -0.05) is 12.1 Å². The first-order valence-corrected chi connectivity index (χ1v) is 6.98. The van der Waals surface area contributed by atoms with Crippen LogP contribution in [-0.4, -0.2) is 25.1 Å². The van der Waals surface area contributed by atoms with Crippen LogP contribution in [0.2, 0.25) is 0 Å². The molecule has 2 rings (SSSR count). The number of amides is 1. The van der Waals surface area contributed by atoms with Gasteiger partial charge in [0.15, 0.2) is 0 Å². The third-order valence-corrected chi connectivity index (χ3v) is 3.31. The molecule has 0 saturated heterocycles. The molecule has 4 nitrogen and oxygen atoms in total. The Bertz CT molecular complexity index is 446. The highest BCUT2D eigenvalue weighted by Gasteiger charge is 2.17. The summed E-state index contributed by atoms with van der Waals surface area (Å²) in [5.74, 6) is 0.891. The molecule has 2 N–H and O–H groups in total. The molecule has 0 bridgehead atoms. The van der Waals surface area contributed by atoms with Crippen molar-refractivity contribution >= 4 is 11.6 Å². The van der Waals surface area contributed by atoms with Gasteiger partial charge in [-0.3, -0.25) is 4.79 Å². The second-order valence-electron chi connectivity index (χ2n) is 4.93. The van der Waals surface area contributed by atoms with Gasteiger partial charge in [-0.25, -0.2) is 0 Å². The summed E-state index contributed by atoms with van der Waals surface area (Å²) in [6.07, 6.45) is 2.62. The topological polar surface area (TPSA) is 50.4 Å². The van der Waals surface area contributed by atoms with Crippen molar-refractivity contribution in [2.75, 3.05) is 18.5 Å². The Kier molecular flexibility index (Phi) is 4.66. The molecule has 4 heteroatoms. The number of carbonyl (C=O) groups excluding carboxylic acids is 1. The van der Waals surface area contributed by atoms with Crippen molar-refractivity contribution in [2.24, 2.45) is 0 Å². The quantitative estimate of drug-likeness (QED) is 0.856. The summed E-state index contributed by atoms with van der Waals surface area (Å²) in [7, 11) is 0. The summed E-state index contributed by atoms with van der Waals surface area (Å²) < 4.78 is 5.75. The van der Waals surface area contributed by atoms with Gasteiger partial charge in [0.25, 0.3) is 0 Å². The van der Waals surface area contributed by atoms with Crippen molar-refractivity contribution in [3.63, 3.8) is 0 Å². The standard InChI is InChI=1S/C15H22N2O2/c1-3-16-14(18)9-10-19-13-6-4-5-12-8-7-11(2)17-15(12)13/h4-6,11,17H,3,7-10H2,1-2H3,(H,16,18). The van der Waals surface area contributed by atoms with Crippen LogP contribution in [-0.2, 0) is 11.2 Å². The number of ether oxygens (including phenoxy) is 1. The smallest absolute Gasteiger partial charge is 0.223 e. The van der Waals surface area contributed by atoms with Crippen LogP contribution in [0.5, 0.6) is 5.75 Å². The maximum Gasteiger partial charge on any atom is 0.223 e. The number of nitrogens with one attached hydrogen (secondary N) is 2.